The Hall–Kier alpha value is -1.99. The Kier molecular flexibility index (Phi) is 3.85. The van der Waals surface area contributed by atoms with Crippen molar-refractivity contribution in [2.75, 3.05) is 24.3 Å². The van der Waals surface area contributed by atoms with E-state index in [1.165, 1.54) is 21.9 Å². The van der Waals surface area contributed by atoms with Gasteiger partial charge in [0.1, 0.15) is 10.9 Å². The first-order chi connectivity index (χ1) is 8.69. The summed E-state index contributed by atoms with van der Waals surface area (Å²) in [5, 5.41) is 12.1. The molecule has 0 unspecified atom stereocenters. The first-order valence-electron chi connectivity index (χ1n) is 5.69. The Morgan fingerprint density at radius 1 is 1.28 bits per heavy atom. The molecule has 0 fully saturated rings. The first kappa shape index (κ1) is 12.5. The van der Waals surface area contributed by atoms with Crippen LogP contribution in [0.4, 0.5) is 11.4 Å². The number of nitriles is 1. The Morgan fingerprint density at radius 2 is 2.11 bits per heavy atom. The average Bonchev–Trinajstić information content (AvgIpc) is 2.84. The molecular formula is C14H15N3S. The fourth-order valence-corrected chi connectivity index (χ4v) is 2.36. The fourth-order valence-electron chi connectivity index (χ4n) is 1.62. The van der Waals surface area contributed by atoms with Gasteiger partial charge in [0.25, 0.3) is 0 Å². The summed E-state index contributed by atoms with van der Waals surface area (Å²) in [6, 6.07) is 14.3. The molecule has 1 aromatic heterocycles. The van der Waals surface area contributed by atoms with Gasteiger partial charge in [-0.3, -0.25) is 0 Å². The minimum absolute atomic E-state index is 0.753. The molecule has 1 aromatic carbocycles. The molecule has 0 bridgehead atoms. The highest BCUT2D eigenvalue weighted by atomic mass is 32.1. The molecule has 0 amide bonds. The number of nitrogens with one attached hydrogen (secondary N) is 1. The molecule has 1 N–H and O–H groups in total. The summed E-state index contributed by atoms with van der Waals surface area (Å²) < 4.78 is 0. The largest absolute Gasteiger partial charge is 0.380 e. The lowest BCUT2D eigenvalue weighted by molar-refractivity contribution is 1.12. The smallest absolute Gasteiger partial charge is 0.110 e. The quantitative estimate of drug-likeness (QED) is 0.913. The van der Waals surface area contributed by atoms with E-state index in [9.17, 15) is 0 Å². The zero-order chi connectivity index (χ0) is 13.0. The third-order valence-electron chi connectivity index (χ3n) is 2.60. The Morgan fingerprint density at radius 3 is 2.78 bits per heavy atom. The van der Waals surface area contributed by atoms with Gasteiger partial charge < -0.3 is 10.2 Å². The molecule has 0 aliphatic carbocycles. The fraction of sp³-hybridized carbons (Fsp3) is 0.214. The van der Waals surface area contributed by atoms with Crippen molar-refractivity contribution < 1.29 is 0 Å². The molecule has 0 saturated heterocycles. The predicted octanol–water partition coefficient (Wildman–Crippen LogP) is 3.30. The molecule has 0 aliphatic rings. The Balaban J connectivity index is 2.02. The first-order valence-corrected chi connectivity index (χ1v) is 6.51. The number of nitrogens with zero attached hydrogens (tertiary/aromatic N) is 2. The summed E-state index contributed by atoms with van der Waals surface area (Å²) in [6.45, 7) is 0.753. The van der Waals surface area contributed by atoms with E-state index in [1.54, 1.807) is 0 Å². The van der Waals surface area contributed by atoms with E-state index in [4.69, 9.17) is 5.26 Å². The summed E-state index contributed by atoms with van der Waals surface area (Å²) in [7, 11) is 4.05. The van der Waals surface area contributed by atoms with Crippen LogP contribution in [0.2, 0.25) is 0 Å². The normalized spacial score (nSPS) is 9.83. The van der Waals surface area contributed by atoms with E-state index in [0.29, 0.717) is 0 Å². The second kappa shape index (κ2) is 5.56. The molecule has 18 heavy (non-hydrogen) atoms. The molecule has 0 spiro atoms. The van der Waals surface area contributed by atoms with Crippen LogP contribution < -0.4 is 10.2 Å². The van der Waals surface area contributed by atoms with Gasteiger partial charge in [0.15, 0.2) is 0 Å². The standard InChI is InChI=1S/C14H15N3S/c1-17(2)12-5-3-4-11(8-12)16-10-14-7-6-13(9-15)18-14/h3-8,16H,10H2,1-2H3. The monoisotopic (exact) mass is 257 g/mol. The van der Waals surface area contributed by atoms with E-state index >= 15 is 0 Å². The average molecular weight is 257 g/mol. The van der Waals surface area contributed by atoms with Gasteiger partial charge in [0.05, 0.1) is 0 Å². The van der Waals surface area contributed by atoms with Crippen molar-refractivity contribution >= 4 is 22.7 Å². The van der Waals surface area contributed by atoms with Crippen LogP contribution in [0.1, 0.15) is 9.75 Å². The number of rotatable bonds is 4. The molecule has 1 heterocycles. The van der Waals surface area contributed by atoms with Crippen molar-refractivity contribution in [3.63, 3.8) is 0 Å². The van der Waals surface area contributed by atoms with Crippen molar-refractivity contribution in [3.8, 4) is 6.07 Å². The molecule has 4 heteroatoms. The van der Waals surface area contributed by atoms with Crippen LogP contribution in [0.25, 0.3) is 0 Å². The van der Waals surface area contributed by atoms with Gasteiger partial charge in [0, 0.05) is 36.9 Å². The summed E-state index contributed by atoms with van der Waals surface area (Å²) in [5.74, 6) is 0. The van der Waals surface area contributed by atoms with E-state index in [2.05, 4.69) is 28.4 Å². The number of thiophene rings is 1. The third kappa shape index (κ3) is 3.02. The lowest BCUT2D eigenvalue weighted by Gasteiger charge is -2.14. The van der Waals surface area contributed by atoms with Gasteiger partial charge in [-0.05, 0) is 30.3 Å². The molecule has 2 aromatic rings. The number of anilines is 2. The highest BCUT2D eigenvalue weighted by Crippen LogP contribution is 2.20. The van der Waals surface area contributed by atoms with E-state index in [1.807, 2.05) is 38.4 Å². The molecule has 0 atom stereocenters. The maximum Gasteiger partial charge on any atom is 0.110 e. The molecule has 0 aliphatic heterocycles. The SMILES string of the molecule is CN(C)c1cccc(NCc2ccc(C#N)s2)c1. The molecule has 0 saturated carbocycles. The van der Waals surface area contributed by atoms with E-state index in [0.717, 1.165) is 17.1 Å². The summed E-state index contributed by atoms with van der Waals surface area (Å²) in [5.41, 5.74) is 2.26. The van der Waals surface area contributed by atoms with Gasteiger partial charge in [0.2, 0.25) is 0 Å². The molecule has 2 rings (SSSR count). The van der Waals surface area contributed by atoms with Gasteiger partial charge >= 0.3 is 0 Å². The van der Waals surface area contributed by atoms with E-state index < -0.39 is 0 Å². The van der Waals surface area contributed by atoms with Crippen molar-refractivity contribution in [2.45, 2.75) is 6.54 Å². The minimum Gasteiger partial charge on any atom is -0.380 e. The van der Waals surface area contributed by atoms with Gasteiger partial charge in [-0.2, -0.15) is 5.26 Å². The van der Waals surface area contributed by atoms with Crippen molar-refractivity contribution in [1.29, 1.82) is 5.26 Å². The minimum atomic E-state index is 0.753. The van der Waals surface area contributed by atoms with Gasteiger partial charge in [-0.15, -0.1) is 11.3 Å². The molecule has 0 radical (unpaired) electrons. The van der Waals surface area contributed by atoms with Crippen LogP contribution in [-0.2, 0) is 6.54 Å². The topological polar surface area (TPSA) is 39.1 Å². The van der Waals surface area contributed by atoms with E-state index in [-0.39, 0.29) is 0 Å². The molecule has 92 valence electrons. The lowest BCUT2D eigenvalue weighted by Crippen LogP contribution is -2.08. The number of benzene rings is 1. The van der Waals surface area contributed by atoms with Crippen LogP contribution in [-0.4, -0.2) is 14.1 Å². The Bertz CT molecular complexity index is 566. The van der Waals surface area contributed by atoms with Crippen LogP contribution in [0.5, 0.6) is 0 Å². The summed E-state index contributed by atoms with van der Waals surface area (Å²) in [6.07, 6.45) is 0. The summed E-state index contributed by atoms with van der Waals surface area (Å²) >= 11 is 1.53. The maximum atomic E-state index is 8.77. The highest BCUT2D eigenvalue weighted by Gasteiger charge is 2.00. The van der Waals surface area contributed by atoms with Crippen LogP contribution in [0.15, 0.2) is 36.4 Å². The molecule has 3 nitrogen and oxygen atoms in total. The van der Waals surface area contributed by atoms with Crippen molar-refractivity contribution in [3.05, 3.63) is 46.2 Å². The Labute approximate surface area is 111 Å². The lowest BCUT2D eigenvalue weighted by atomic mass is 10.2. The zero-order valence-corrected chi connectivity index (χ0v) is 11.3. The number of hydrogen-bond donors (Lipinski definition) is 1. The number of hydrogen-bond acceptors (Lipinski definition) is 4. The highest BCUT2D eigenvalue weighted by molar-refractivity contribution is 7.12. The predicted molar refractivity (Wildman–Crippen MR) is 77.1 cm³/mol. The summed E-state index contributed by atoms with van der Waals surface area (Å²) in [4.78, 5) is 4.00. The van der Waals surface area contributed by atoms with Crippen molar-refractivity contribution in [1.82, 2.24) is 0 Å². The van der Waals surface area contributed by atoms with Crippen LogP contribution >= 0.6 is 11.3 Å². The van der Waals surface area contributed by atoms with Crippen LogP contribution in [0.3, 0.4) is 0 Å². The second-order valence-corrected chi connectivity index (χ2v) is 5.34. The second-order valence-electron chi connectivity index (χ2n) is 4.18. The van der Waals surface area contributed by atoms with Gasteiger partial charge in [-0.1, -0.05) is 6.07 Å². The third-order valence-corrected chi connectivity index (χ3v) is 3.59. The van der Waals surface area contributed by atoms with Crippen LogP contribution in [0, 0.1) is 11.3 Å². The zero-order valence-electron chi connectivity index (χ0n) is 10.5. The maximum absolute atomic E-state index is 8.77. The molecular weight excluding hydrogens is 242 g/mol. The van der Waals surface area contributed by atoms with Gasteiger partial charge in [-0.25, -0.2) is 0 Å². The van der Waals surface area contributed by atoms with Crippen molar-refractivity contribution in [2.24, 2.45) is 0 Å².